The quantitative estimate of drug-likeness (QED) is 0.0414. The Morgan fingerprint density at radius 2 is 0.512 bits per heavy atom. The monoisotopic (exact) mass is 626 g/mol. The standard InChI is InChI=1S/C32H68O7P2/c33-40(34,35)32-30-28-26-24-22-20-18-16-14-12-10-8-6-4-2-1-3-5-7-9-11-13-15-17-19-21-23-25-27-29-31-39-41(36,37)38/h1-32H2,(H2,33,34,35)(H2,36,37,38). The topological polar surface area (TPSA) is 124 Å². The molecule has 0 aromatic rings. The van der Waals surface area contributed by atoms with Crippen molar-refractivity contribution in [3.05, 3.63) is 0 Å². The van der Waals surface area contributed by atoms with Crippen LogP contribution in [0.5, 0.6) is 0 Å². The summed E-state index contributed by atoms with van der Waals surface area (Å²) in [7, 11) is -8.06. The van der Waals surface area contributed by atoms with Gasteiger partial charge in [0.05, 0.1) is 6.61 Å². The van der Waals surface area contributed by atoms with Crippen LogP contribution in [0.3, 0.4) is 0 Å². The highest BCUT2D eigenvalue weighted by atomic mass is 31.2. The predicted octanol–water partition coefficient (Wildman–Crippen LogP) is 11.0. The fourth-order valence-electron chi connectivity index (χ4n) is 5.55. The van der Waals surface area contributed by atoms with Crippen molar-refractivity contribution in [1.29, 1.82) is 0 Å². The van der Waals surface area contributed by atoms with Crippen LogP contribution in [0.15, 0.2) is 0 Å². The molecule has 0 aromatic carbocycles. The second kappa shape index (κ2) is 30.3. The molecular formula is C32H68O7P2. The lowest BCUT2D eigenvalue weighted by atomic mass is 10.0. The Morgan fingerprint density at radius 1 is 0.317 bits per heavy atom. The zero-order chi connectivity index (χ0) is 30.3. The maximum absolute atomic E-state index is 10.8. The number of phosphoric acid groups is 1. The molecule has 4 N–H and O–H groups in total. The molecule has 0 atom stereocenters. The zero-order valence-electron chi connectivity index (χ0n) is 26.5. The fraction of sp³-hybridized carbons (Fsp3) is 1.00. The molecular weight excluding hydrogens is 558 g/mol. The largest absolute Gasteiger partial charge is 0.469 e. The van der Waals surface area contributed by atoms with Crippen LogP contribution >= 0.6 is 15.4 Å². The number of hydrogen-bond donors (Lipinski definition) is 4. The summed E-state index contributed by atoms with van der Waals surface area (Å²) in [6, 6.07) is 0. The van der Waals surface area contributed by atoms with E-state index in [9.17, 15) is 9.13 Å². The van der Waals surface area contributed by atoms with E-state index in [1.54, 1.807) is 0 Å². The van der Waals surface area contributed by atoms with Crippen LogP contribution in [0.2, 0.25) is 0 Å². The van der Waals surface area contributed by atoms with Crippen LogP contribution < -0.4 is 0 Å². The molecule has 0 heterocycles. The Morgan fingerprint density at radius 3 is 0.707 bits per heavy atom. The molecule has 0 unspecified atom stereocenters. The second-order valence-electron chi connectivity index (χ2n) is 12.3. The lowest BCUT2D eigenvalue weighted by Gasteiger charge is -2.05. The van der Waals surface area contributed by atoms with Gasteiger partial charge >= 0.3 is 15.4 Å². The van der Waals surface area contributed by atoms with Gasteiger partial charge in [-0.1, -0.05) is 180 Å². The average molecular weight is 627 g/mol. The van der Waals surface area contributed by atoms with E-state index >= 15 is 0 Å². The first kappa shape index (κ1) is 41.3. The van der Waals surface area contributed by atoms with Gasteiger partial charge in [-0.3, -0.25) is 9.09 Å². The average Bonchev–Trinajstić information content (AvgIpc) is 2.90. The first-order chi connectivity index (χ1) is 19.7. The molecule has 0 spiro atoms. The van der Waals surface area contributed by atoms with Crippen molar-refractivity contribution in [3.63, 3.8) is 0 Å². The van der Waals surface area contributed by atoms with Gasteiger partial charge in [0.15, 0.2) is 0 Å². The molecule has 0 bridgehead atoms. The summed E-state index contributed by atoms with van der Waals surface area (Å²) in [4.78, 5) is 34.9. The molecule has 0 aromatic heterocycles. The van der Waals surface area contributed by atoms with Crippen LogP contribution in [-0.2, 0) is 13.7 Å². The molecule has 0 saturated carbocycles. The molecule has 0 aliphatic rings. The fourth-order valence-corrected chi connectivity index (χ4v) is 6.56. The van der Waals surface area contributed by atoms with Gasteiger partial charge < -0.3 is 19.6 Å². The number of hydrogen-bond acceptors (Lipinski definition) is 3. The zero-order valence-corrected chi connectivity index (χ0v) is 28.3. The lowest BCUT2D eigenvalue weighted by molar-refractivity contribution is 0.193. The molecule has 41 heavy (non-hydrogen) atoms. The van der Waals surface area contributed by atoms with Crippen LogP contribution in [0, 0.1) is 0 Å². The molecule has 9 heteroatoms. The Labute approximate surface area is 253 Å². The van der Waals surface area contributed by atoms with Crippen molar-refractivity contribution in [1.82, 2.24) is 0 Å². The summed E-state index contributed by atoms with van der Waals surface area (Å²) >= 11 is 0. The molecule has 0 aliphatic carbocycles. The van der Waals surface area contributed by atoms with Gasteiger partial charge in [-0.2, -0.15) is 0 Å². The van der Waals surface area contributed by atoms with Gasteiger partial charge in [0.25, 0.3) is 0 Å². The van der Waals surface area contributed by atoms with Crippen LogP contribution in [-0.4, -0.2) is 32.3 Å². The highest BCUT2D eigenvalue weighted by Crippen LogP contribution is 2.36. The van der Waals surface area contributed by atoms with Gasteiger partial charge in [-0.05, 0) is 12.8 Å². The maximum Gasteiger partial charge on any atom is 0.469 e. The third kappa shape index (κ3) is 40.3. The van der Waals surface area contributed by atoms with E-state index in [1.165, 1.54) is 154 Å². The summed E-state index contributed by atoms with van der Waals surface area (Å²) in [6.45, 7) is 0.159. The molecule has 0 fully saturated rings. The van der Waals surface area contributed by atoms with E-state index in [1.807, 2.05) is 0 Å². The van der Waals surface area contributed by atoms with Gasteiger partial charge in [-0.25, -0.2) is 4.57 Å². The van der Waals surface area contributed by atoms with Crippen molar-refractivity contribution in [2.45, 2.75) is 193 Å². The van der Waals surface area contributed by atoms with E-state index in [0.29, 0.717) is 6.42 Å². The number of unbranched alkanes of at least 4 members (excludes halogenated alkanes) is 29. The van der Waals surface area contributed by atoms with Crippen molar-refractivity contribution in [2.24, 2.45) is 0 Å². The minimum absolute atomic E-state index is 0.0494. The molecule has 0 saturated heterocycles. The molecule has 0 radical (unpaired) electrons. The predicted molar refractivity (Wildman–Crippen MR) is 173 cm³/mol. The molecule has 248 valence electrons. The van der Waals surface area contributed by atoms with E-state index in [-0.39, 0.29) is 12.8 Å². The summed E-state index contributed by atoms with van der Waals surface area (Å²) in [6.07, 6.45) is 38.3. The first-order valence-electron chi connectivity index (χ1n) is 17.5. The Hall–Kier alpha value is 0.260. The highest BCUT2D eigenvalue weighted by molar-refractivity contribution is 7.51. The Bertz CT molecular complexity index is 569. The summed E-state index contributed by atoms with van der Waals surface area (Å²) in [5.74, 6) is 0. The van der Waals surface area contributed by atoms with E-state index in [2.05, 4.69) is 4.52 Å². The minimum atomic E-state index is -4.28. The van der Waals surface area contributed by atoms with Gasteiger partial charge in [0, 0.05) is 6.16 Å². The van der Waals surface area contributed by atoms with Gasteiger partial charge in [0.2, 0.25) is 0 Å². The van der Waals surface area contributed by atoms with Crippen molar-refractivity contribution in [3.8, 4) is 0 Å². The molecule has 7 nitrogen and oxygen atoms in total. The van der Waals surface area contributed by atoms with Crippen molar-refractivity contribution in [2.75, 3.05) is 12.8 Å². The molecule has 0 rings (SSSR count). The third-order valence-corrected chi connectivity index (χ3v) is 9.52. The lowest BCUT2D eigenvalue weighted by Crippen LogP contribution is -1.92. The summed E-state index contributed by atoms with van der Waals surface area (Å²) in [5.41, 5.74) is 0. The molecule has 0 aliphatic heterocycles. The molecule has 0 amide bonds. The number of phosphoric ester groups is 1. The second-order valence-corrected chi connectivity index (χ2v) is 15.3. The van der Waals surface area contributed by atoms with Crippen molar-refractivity contribution < 1.29 is 33.2 Å². The minimum Gasteiger partial charge on any atom is -0.324 e. The SMILES string of the molecule is O=P(O)(O)CCCCCCCCCCCCCCCCCCCCCCCCCCCCCCCCOP(=O)(O)O. The summed E-state index contributed by atoms with van der Waals surface area (Å²) < 4.78 is 25.8. The van der Waals surface area contributed by atoms with Gasteiger partial charge in [0.1, 0.15) is 0 Å². The van der Waals surface area contributed by atoms with Gasteiger partial charge in [-0.15, -0.1) is 0 Å². The normalized spacial score (nSPS) is 12.4. The number of rotatable bonds is 34. The summed E-state index contributed by atoms with van der Waals surface area (Å²) in [5, 5.41) is 0. The van der Waals surface area contributed by atoms with E-state index < -0.39 is 15.4 Å². The van der Waals surface area contributed by atoms with E-state index in [0.717, 1.165) is 32.1 Å². The first-order valence-corrected chi connectivity index (χ1v) is 20.8. The van der Waals surface area contributed by atoms with E-state index in [4.69, 9.17) is 19.6 Å². The maximum atomic E-state index is 10.8. The third-order valence-electron chi connectivity index (χ3n) is 8.10. The van der Waals surface area contributed by atoms with Crippen molar-refractivity contribution >= 4 is 15.4 Å². The van der Waals surface area contributed by atoms with Crippen LogP contribution in [0.4, 0.5) is 0 Å². The van der Waals surface area contributed by atoms with Crippen LogP contribution in [0.25, 0.3) is 0 Å². The highest BCUT2D eigenvalue weighted by Gasteiger charge is 2.12. The smallest absolute Gasteiger partial charge is 0.324 e. The van der Waals surface area contributed by atoms with Crippen LogP contribution in [0.1, 0.15) is 193 Å². The Kier molecular flexibility index (Phi) is 30.5. The Balaban J connectivity index is 3.08.